The zero-order valence-electron chi connectivity index (χ0n) is 10.3. The SMILES string of the molecule is O=C(O)CC(O)CN1C(=O)NC2(CCOCC2)C1=O. The molecule has 106 valence electrons. The lowest BCUT2D eigenvalue weighted by Gasteiger charge is -2.30. The molecule has 0 radical (unpaired) electrons. The van der Waals surface area contributed by atoms with E-state index in [-0.39, 0.29) is 6.54 Å². The molecule has 0 aromatic carbocycles. The molecule has 8 heteroatoms. The standard InChI is InChI=1S/C11H16N2O6/c14-7(5-8(15)16)6-13-9(17)11(12-10(13)18)1-3-19-4-2-11/h7,14H,1-6H2,(H,12,18)(H,15,16). The Labute approximate surface area is 109 Å². The van der Waals surface area contributed by atoms with Crippen molar-refractivity contribution >= 4 is 17.9 Å². The number of rotatable bonds is 4. The van der Waals surface area contributed by atoms with Crippen LogP contribution in [0, 0.1) is 0 Å². The number of carbonyl (C=O) groups is 3. The molecule has 2 aliphatic heterocycles. The highest BCUT2D eigenvalue weighted by molar-refractivity contribution is 6.07. The third-order valence-corrected chi connectivity index (χ3v) is 3.40. The first-order valence-electron chi connectivity index (χ1n) is 6.06. The predicted molar refractivity (Wildman–Crippen MR) is 61.3 cm³/mol. The molecule has 1 spiro atoms. The Hall–Kier alpha value is -1.67. The topological polar surface area (TPSA) is 116 Å². The molecule has 0 aromatic heterocycles. The summed E-state index contributed by atoms with van der Waals surface area (Å²) < 4.78 is 5.16. The summed E-state index contributed by atoms with van der Waals surface area (Å²) >= 11 is 0. The number of nitrogens with one attached hydrogen (secondary N) is 1. The van der Waals surface area contributed by atoms with Crippen molar-refractivity contribution in [1.82, 2.24) is 10.2 Å². The van der Waals surface area contributed by atoms with Crippen LogP contribution in [0.2, 0.25) is 0 Å². The summed E-state index contributed by atoms with van der Waals surface area (Å²) in [4.78, 5) is 35.4. The quantitative estimate of drug-likeness (QED) is 0.561. The molecule has 2 rings (SSSR count). The molecule has 0 aliphatic carbocycles. The largest absolute Gasteiger partial charge is 0.481 e. The van der Waals surface area contributed by atoms with Crippen LogP contribution in [0.4, 0.5) is 4.79 Å². The molecule has 0 bridgehead atoms. The summed E-state index contributed by atoms with van der Waals surface area (Å²) in [7, 11) is 0. The minimum absolute atomic E-state index is 0.306. The van der Waals surface area contributed by atoms with Crippen molar-refractivity contribution in [1.29, 1.82) is 0 Å². The molecule has 0 saturated carbocycles. The van der Waals surface area contributed by atoms with Crippen molar-refractivity contribution in [2.45, 2.75) is 30.9 Å². The first-order chi connectivity index (χ1) is 8.94. The molecule has 1 unspecified atom stereocenters. The van der Waals surface area contributed by atoms with Crippen LogP contribution in [0.1, 0.15) is 19.3 Å². The van der Waals surface area contributed by atoms with E-state index in [1.54, 1.807) is 0 Å². The van der Waals surface area contributed by atoms with Crippen LogP contribution >= 0.6 is 0 Å². The zero-order chi connectivity index (χ0) is 14.0. The lowest BCUT2D eigenvalue weighted by molar-refractivity contribution is -0.141. The van der Waals surface area contributed by atoms with Crippen LogP contribution in [0.5, 0.6) is 0 Å². The highest BCUT2D eigenvalue weighted by Crippen LogP contribution is 2.28. The summed E-state index contributed by atoms with van der Waals surface area (Å²) in [6.07, 6.45) is -0.985. The minimum atomic E-state index is -1.26. The molecule has 1 atom stereocenters. The Bertz CT molecular complexity index is 404. The van der Waals surface area contributed by atoms with Crippen molar-refractivity contribution in [3.63, 3.8) is 0 Å². The van der Waals surface area contributed by atoms with Crippen LogP contribution in [0.25, 0.3) is 0 Å². The summed E-state index contributed by atoms with van der Waals surface area (Å²) in [5.74, 6) is -1.59. The summed E-state index contributed by atoms with van der Waals surface area (Å²) in [6, 6.07) is -0.587. The molecule has 8 nitrogen and oxygen atoms in total. The van der Waals surface area contributed by atoms with Gasteiger partial charge in [0.1, 0.15) is 5.54 Å². The molecule has 3 N–H and O–H groups in total. The summed E-state index contributed by atoms with van der Waals surface area (Å²) in [6.45, 7) is 0.467. The van der Waals surface area contributed by atoms with Gasteiger partial charge in [0.25, 0.3) is 5.91 Å². The number of aliphatic hydroxyl groups excluding tert-OH is 1. The maximum Gasteiger partial charge on any atom is 0.325 e. The van der Waals surface area contributed by atoms with Gasteiger partial charge in [-0.1, -0.05) is 0 Å². The Balaban J connectivity index is 2.04. The molecule has 3 amide bonds. The number of imide groups is 1. The van der Waals surface area contributed by atoms with Crippen LogP contribution < -0.4 is 5.32 Å². The van der Waals surface area contributed by atoms with Crippen molar-refractivity contribution in [2.24, 2.45) is 0 Å². The van der Waals surface area contributed by atoms with E-state index in [0.717, 1.165) is 4.90 Å². The number of carboxylic acid groups (broad SMARTS) is 1. The van der Waals surface area contributed by atoms with Gasteiger partial charge in [-0.25, -0.2) is 4.79 Å². The Kier molecular flexibility index (Phi) is 3.72. The maximum absolute atomic E-state index is 12.2. The van der Waals surface area contributed by atoms with Gasteiger partial charge in [0.05, 0.1) is 19.1 Å². The molecule has 19 heavy (non-hydrogen) atoms. The number of aliphatic hydroxyl groups is 1. The number of ether oxygens (including phenoxy) is 1. The highest BCUT2D eigenvalue weighted by atomic mass is 16.5. The van der Waals surface area contributed by atoms with Crippen LogP contribution in [0.3, 0.4) is 0 Å². The summed E-state index contributed by atoms with van der Waals surface area (Å²) in [5.41, 5.74) is -0.946. The molecule has 2 heterocycles. The van der Waals surface area contributed by atoms with Gasteiger partial charge >= 0.3 is 12.0 Å². The zero-order valence-corrected chi connectivity index (χ0v) is 10.3. The van der Waals surface area contributed by atoms with Gasteiger partial charge in [0.15, 0.2) is 0 Å². The van der Waals surface area contributed by atoms with Crippen LogP contribution in [0.15, 0.2) is 0 Å². The molecular formula is C11H16N2O6. The van der Waals surface area contributed by atoms with Crippen LogP contribution in [-0.4, -0.2) is 64.4 Å². The number of nitrogens with zero attached hydrogens (tertiary/aromatic N) is 1. The van der Waals surface area contributed by atoms with E-state index >= 15 is 0 Å². The maximum atomic E-state index is 12.2. The van der Waals surface area contributed by atoms with Gasteiger partial charge in [-0.3, -0.25) is 14.5 Å². The molecule has 2 fully saturated rings. The van der Waals surface area contributed by atoms with Crippen LogP contribution in [-0.2, 0) is 14.3 Å². The average Bonchev–Trinajstić information content (AvgIpc) is 2.54. The van der Waals surface area contributed by atoms with Crippen molar-refractivity contribution < 1.29 is 29.3 Å². The van der Waals surface area contributed by atoms with E-state index in [1.807, 2.05) is 0 Å². The smallest absolute Gasteiger partial charge is 0.325 e. The van der Waals surface area contributed by atoms with E-state index in [0.29, 0.717) is 26.1 Å². The number of carbonyl (C=O) groups excluding carboxylic acids is 2. The third-order valence-electron chi connectivity index (χ3n) is 3.40. The molecular weight excluding hydrogens is 256 g/mol. The third kappa shape index (κ3) is 2.69. The number of urea groups is 1. The Morgan fingerprint density at radius 2 is 2.05 bits per heavy atom. The summed E-state index contributed by atoms with van der Waals surface area (Å²) in [5, 5.41) is 20.7. The number of β-amino-alcohol motifs (C(OH)–C–C–N with tert-alkyl or cyclic N) is 1. The Morgan fingerprint density at radius 1 is 1.42 bits per heavy atom. The van der Waals surface area contributed by atoms with Crippen molar-refractivity contribution in [2.75, 3.05) is 19.8 Å². The fourth-order valence-electron chi connectivity index (χ4n) is 2.38. The van der Waals surface area contributed by atoms with E-state index in [1.165, 1.54) is 0 Å². The highest BCUT2D eigenvalue weighted by Gasteiger charge is 2.51. The van der Waals surface area contributed by atoms with E-state index in [4.69, 9.17) is 9.84 Å². The van der Waals surface area contributed by atoms with E-state index < -0.39 is 36.0 Å². The first-order valence-corrected chi connectivity index (χ1v) is 6.06. The first kappa shape index (κ1) is 13.8. The average molecular weight is 272 g/mol. The van der Waals surface area contributed by atoms with Gasteiger partial charge < -0.3 is 20.3 Å². The number of hydrogen-bond donors (Lipinski definition) is 3. The number of hydrogen-bond acceptors (Lipinski definition) is 5. The molecule has 0 aromatic rings. The van der Waals surface area contributed by atoms with E-state index in [9.17, 15) is 19.5 Å². The van der Waals surface area contributed by atoms with Gasteiger partial charge in [0, 0.05) is 26.1 Å². The van der Waals surface area contributed by atoms with Gasteiger partial charge in [0.2, 0.25) is 0 Å². The number of carboxylic acids is 1. The second-order valence-corrected chi connectivity index (χ2v) is 4.79. The Morgan fingerprint density at radius 3 is 2.63 bits per heavy atom. The van der Waals surface area contributed by atoms with Gasteiger partial charge in [-0.05, 0) is 0 Å². The fourth-order valence-corrected chi connectivity index (χ4v) is 2.38. The van der Waals surface area contributed by atoms with E-state index in [2.05, 4.69) is 5.32 Å². The predicted octanol–water partition coefficient (Wildman–Crippen LogP) is -1.08. The molecule has 2 saturated heterocycles. The van der Waals surface area contributed by atoms with Gasteiger partial charge in [-0.2, -0.15) is 0 Å². The van der Waals surface area contributed by atoms with Crippen molar-refractivity contribution in [3.05, 3.63) is 0 Å². The number of amides is 3. The molecule has 2 aliphatic rings. The number of aliphatic carboxylic acids is 1. The van der Waals surface area contributed by atoms with Crippen molar-refractivity contribution in [3.8, 4) is 0 Å². The second kappa shape index (κ2) is 5.14. The lowest BCUT2D eigenvalue weighted by atomic mass is 9.90. The minimum Gasteiger partial charge on any atom is -0.481 e. The fraction of sp³-hybridized carbons (Fsp3) is 0.727. The monoisotopic (exact) mass is 272 g/mol. The normalized spacial score (nSPS) is 23.5. The lowest BCUT2D eigenvalue weighted by Crippen LogP contribution is -2.51. The second-order valence-electron chi connectivity index (χ2n) is 4.79. The van der Waals surface area contributed by atoms with Gasteiger partial charge in [-0.15, -0.1) is 0 Å².